The fourth-order valence-corrected chi connectivity index (χ4v) is 1.41. The van der Waals surface area contributed by atoms with Gasteiger partial charge in [-0.25, -0.2) is 4.39 Å². The predicted octanol–water partition coefficient (Wildman–Crippen LogP) is 2.00. The number of ketones is 1. The lowest BCUT2D eigenvalue weighted by molar-refractivity contribution is 0.0962. The molecule has 4 heteroatoms. The van der Waals surface area contributed by atoms with Crippen molar-refractivity contribution in [3.63, 3.8) is 0 Å². The summed E-state index contributed by atoms with van der Waals surface area (Å²) >= 11 is 0. The molecule has 0 aromatic heterocycles. The van der Waals surface area contributed by atoms with Crippen molar-refractivity contribution in [2.45, 2.75) is 13.3 Å². The van der Waals surface area contributed by atoms with Gasteiger partial charge in [-0.3, -0.25) is 4.79 Å². The van der Waals surface area contributed by atoms with Crippen LogP contribution in [-0.4, -0.2) is 19.4 Å². The average molecular weight is 225 g/mol. The van der Waals surface area contributed by atoms with Crippen molar-refractivity contribution >= 4 is 5.78 Å². The Labute approximate surface area is 94.4 Å². The van der Waals surface area contributed by atoms with E-state index in [-0.39, 0.29) is 17.3 Å². The van der Waals surface area contributed by atoms with Crippen LogP contribution in [0.15, 0.2) is 18.2 Å². The van der Waals surface area contributed by atoms with Gasteiger partial charge < -0.3 is 10.5 Å². The van der Waals surface area contributed by atoms with E-state index in [2.05, 4.69) is 0 Å². The van der Waals surface area contributed by atoms with E-state index in [9.17, 15) is 9.18 Å². The topological polar surface area (TPSA) is 52.3 Å². The second-order valence-corrected chi connectivity index (χ2v) is 3.81. The standard InChI is InChI=1S/C12H16FNO2/c1-8(7-14)5-11(15)10-6-9(13)3-4-12(10)16-2/h3-4,6,8H,5,7,14H2,1-2H3. The maximum atomic E-state index is 13.0. The van der Waals surface area contributed by atoms with Gasteiger partial charge in [0, 0.05) is 6.42 Å². The average Bonchev–Trinajstić information content (AvgIpc) is 2.28. The van der Waals surface area contributed by atoms with Crippen LogP contribution in [-0.2, 0) is 0 Å². The highest BCUT2D eigenvalue weighted by Crippen LogP contribution is 2.22. The number of benzene rings is 1. The Kier molecular flexibility index (Phi) is 4.43. The van der Waals surface area contributed by atoms with Crippen molar-refractivity contribution in [3.8, 4) is 5.75 Å². The van der Waals surface area contributed by atoms with E-state index in [0.29, 0.717) is 18.7 Å². The van der Waals surface area contributed by atoms with Crippen molar-refractivity contribution in [2.24, 2.45) is 11.7 Å². The van der Waals surface area contributed by atoms with E-state index in [1.54, 1.807) is 0 Å². The van der Waals surface area contributed by atoms with E-state index in [1.807, 2.05) is 6.92 Å². The lowest BCUT2D eigenvalue weighted by Crippen LogP contribution is -2.15. The summed E-state index contributed by atoms with van der Waals surface area (Å²) in [6.07, 6.45) is 0.302. The summed E-state index contributed by atoms with van der Waals surface area (Å²) < 4.78 is 18.0. The molecule has 0 heterocycles. The van der Waals surface area contributed by atoms with Crippen LogP contribution in [0.3, 0.4) is 0 Å². The maximum absolute atomic E-state index is 13.0. The fraction of sp³-hybridized carbons (Fsp3) is 0.417. The van der Waals surface area contributed by atoms with Gasteiger partial charge in [-0.2, -0.15) is 0 Å². The number of Topliss-reactive ketones (excluding diaryl/α,β-unsaturated/α-hetero) is 1. The van der Waals surface area contributed by atoms with Gasteiger partial charge in [-0.15, -0.1) is 0 Å². The number of carbonyl (C=O) groups is 1. The van der Waals surface area contributed by atoms with Gasteiger partial charge in [0.05, 0.1) is 12.7 Å². The van der Waals surface area contributed by atoms with Crippen LogP contribution in [0.2, 0.25) is 0 Å². The van der Waals surface area contributed by atoms with Crippen molar-refractivity contribution in [1.82, 2.24) is 0 Å². The Bertz CT molecular complexity index is 379. The normalized spacial score (nSPS) is 12.2. The Morgan fingerprint density at radius 2 is 2.25 bits per heavy atom. The molecule has 1 rings (SSSR count). The molecule has 0 bridgehead atoms. The minimum atomic E-state index is -0.440. The molecule has 16 heavy (non-hydrogen) atoms. The summed E-state index contributed by atoms with van der Waals surface area (Å²) in [6.45, 7) is 2.31. The molecular weight excluding hydrogens is 209 g/mol. The molecule has 1 aromatic rings. The lowest BCUT2D eigenvalue weighted by atomic mass is 9.99. The summed E-state index contributed by atoms with van der Waals surface area (Å²) in [5.74, 6) is -0.102. The molecule has 1 atom stereocenters. The van der Waals surface area contributed by atoms with E-state index in [4.69, 9.17) is 10.5 Å². The van der Waals surface area contributed by atoms with Crippen molar-refractivity contribution in [3.05, 3.63) is 29.6 Å². The Balaban J connectivity index is 2.93. The molecule has 0 fully saturated rings. The van der Waals surface area contributed by atoms with E-state index >= 15 is 0 Å². The van der Waals surface area contributed by atoms with Gasteiger partial charge in [0.25, 0.3) is 0 Å². The number of methoxy groups -OCH3 is 1. The number of rotatable bonds is 5. The van der Waals surface area contributed by atoms with E-state index < -0.39 is 5.82 Å². The molecule has 0 aliphatic rings. The number of hydrogen-bond donors (Lipinski definition) is 1. The monoisotopic (exact) mass is 225 g/mol. The minimum absolute atomic E-state index is 0.0838. The van der Waals surface area contributed by atoms with Gasteiger partial charge in [-0.05, 0) is 30.7 Å². The second-order valence-electron chi connectivity index (χ2n) is 3.81. The quantitative estimate of drug-likeness (QED) is 0.780. The van der Waals surface area contributed by atoms with Crippen LogP contribution in [0.1, 0.15) is 23.7 Å². The highest BCUT2D eigenvalue weighted by Gasteiger charge is 2.15. The molecule has 0 saturated carbocycles. The number of halogens is 1. The molecule has 3 nitrogen and oxygen atoms in total. The lowest BCUT2D eigenvalue weighted by Gasteiger charge is -2.10. The van der Waals surface area contributed by atoms with Crippen molar-refractivity contribution in [2.75, 3.05) is 13.7 Å². The highest BCUT2D eigenvalue weighted by molar-refractivity contribution is 5.98. The van der Waals surface area contributed by atoms with Crippen LogP contribution in [0.25, 0.3) is 0 Å². The first-order valence-electron chi connectivity index (χ1n) is 5.15. The van der Waals surface area contributed by atoms with Gasteiger partial charge in [0.2, 0.25) is 0 Å². The van der Waals surface area contributed by atoms with Crippen LogP contribution >= 0.6 is 0 Å². The fourth-order valence-electron chi connectivity index (χ4n) is 1.41. The molecular formula is C12H16FNO2. The molecule has 1 aromatic carbocycles. The zero-order valence-corrected chi connectivity index (χ0v) is 9.50. The highest BCUT2D eigenvalue weighted by atomic mass is 19.1. The van der Waals surface area contributed by atoms with Gasteiger partial charge in [0.1, 0.15) is 11.6 Å². The maximum Gasteiger partial charge on any atom is 0.167 e. The zero-order chi connectivity index (χ0) is 12.1. The third-order valence-electron chi connectivity index (χ3n) is 2.40. The number of carbonyl (C=O) groups excluding carboxylic acids is 1. The number of nitrogens with two attached hydrogens (primary N) is 1. The minimum Gasteiger partial charge on any atom is -0.496 e. The molecule has 0 spiro atoms. The molecule has 88 valence electrons. The number of hydrogen-bond acceptors (Lipinski definition) is 3. The molecule has 2 N–H and O–H groups in total. The van der Waals surface area contributed by atoms with E-state index in [1.165, 1.54) is 25.3 Å². The summed E-state index contributed by atoms with van der Waals surface area (Å²) in [6, 6.07) is 3.92. The van der Waals surface area contributed by atoms with Gasteiger partial charge in [0.15, 0.2) is 5.78 Å². The summed E-state index contributed by atoms with van der Waals surface area (Å²) in [7, 11) is 1.45. The third kappa shape index (κ3) is 3.03. The Morgan fingerprint density at radius 1 is 1.56 bits per heavy atom. The van der Waals surface area contributed by atoms with Crippen LogP contribution in [0.4, 0.5) is 4.39 Å². The van der Waals surface area contributed by atoms with Crippen LogP contribution < -0.4 is 10.5 Å². The molecule has 0 aliphatic heterocycles. The second kappa shape index (κ2) is 5.61. The summed E-state index contributed by atoms with van der Waals surface area (Å²) in [4.78, 5) is 11.8. The SMILES string of the molecule is COc1ccc(F)cc1C(=O)CC(C)CN. The molecule has 1 unspecified atom stereocenters. The molecule has 0 amide bonds. The smallest absolute Gasteiger partial charge is 0.167 e. The van der Waals surface area contributed by atoms with Crippen LogP contribution in [0.5, 0.6) is 5.75 Å². The predicted molar refractivity (Wildman–Crippen MR) is 60.1 cm³/mol. The molecule has 0 radical (unpaired) electrons. The van der Waals surface area contributed by atoms with Gasteiger partial charge >= 0.3 is 0 Å². The van der Waals surface area contributed by atoms with Gasteiger partial charge in [-0.1, -0.05) is 6.92 Å². The van der Waals surface area contributed by atoms with Crippen molar-refractivity contribution in [1.29, 1.82) is 0 Å². The molecule has 0 saturated heterocycles. The Hall–Kier alpha value is -1.42. The number of ether oxygens (including phenoxy) is 1. The van der Waals surface area contributed by atoms with Crippen molar-refractivity contribution < 1.29 is 13.9 Å². The zero-order valence-electron chi connectivity index (χ0n) is 9.50. The molecule has 0 aliphatic carbocycles. The summed E-state index contributed by atoms with van der Waals surface area (Å²) in [5.41, 5.74) is 5.72. The van der Waals surface area contributed by atoms with E-state index in [0.717, 1.165) is 0 Å². The van der Waals surface area contributed by atoms with Crippen LogP contribution in [0, 0.1) is 11.7 Å². The summed E-state index contributed by atoms with van der Waals surface area (Å²) in [5, 5.41) is 0. The first kappa shape index (κ1) is 12.6. The first-order chi connectivity index (χ1) is 7.58. The first-order valence-corrected chi connectivity index (χ1v) is 5.15. The largest absolute Gasteiger partial charge is 0.496 e. The third-order valence-corrected chi connectivity index (χ3v) is 2.40. The Morgan fingerprint density at radius 3 is 2.81 bits per heavy atom.